The number of amides is 1. The minimum absolute atomic E-state index is 0.0768. The highest BCUT2D eigenvalue weighted by molar-refractivity contribution is 6.30. The lowest BCUT2D eigenvalue weighted by Gasteiger charge is -2.24. The summed E-state index contributed by atoms with van der Waals surface area (Å²) in [5.41, 5.74) is 5.41. The van der Waals surface area contributed by atoms with Crippen LogP contribution in [0.4, 0.5) is 0 Å². The van der Waals surface area contributed by atoms with Gasteiger partial charge in [-0.15, -0.1) is 0 Å². The van der Waals surface area contributed by atoms with E-state index in [1.807, 2.05) is 0 Å². The van der Waals surface area contributed by atoms with Gasteiger partial charge in [0.1, 0.15) is 11.6 Å². The molecule has 0 aliphatic heterocycles. The summed E-state index contributed by atoms with van der Waals surface area (Å²) in [4.78, 5) is 13.4. The van der Waals surface area contributed by atoms with Crippen molar-refractivity contribution in [1.29, 1.82) is 0 Å². The molecule has 0 aliphatic rings. The summed E-state index contributed by atoms with van der Waals surface area (Å²) in [6.45, 7) is 1.70. The molecule has 0 radical (unpaired) electrons. The molecule has 0 spiro atoms. The van der Waals surface area contributed by atoms with Crippen LogP contribution in [0.5, 0.6) is 5.75 Å². The molecule has 1 aromatic carbocycles. The van der Waals surface area contributed by atoms with Crippen molar-refractivity contribution < 1.29 is 14.7 Å². The molecule has 1 amide bonds. The summed E-state index contributed by atoms with van der Waals surface area (Å²) >= 11 is 5.82. The van der Waals surface area contributed by atoms with Gasteiger partial charge in [0.2, 0.25) is 0 Å². The number of hydrogen-bond donors (Lipinski definition) is 2. The molecule has 0 aliphatic carbocycles. The summed E-state index contributed by atoms with van der Waals surface area (Å²) in [7, 11) is 1.64. The number of benzene rings is 1. The van der Waals surface area contributed by atoms with Crippen LogP contribution >= 0.6 is 11.6 Å². The minimum atomic E-state index is -0.205. The van der Waals surface area contributed by atoms with Crippen molar-refractivity contribution in [1.82, 2.24) is 4.90 Å². The largest absolute Gasteiger partial charge is 0.484 e. The number of likely N-dealkylation sites (N-methyl/N-ethyl adjacent to an activating group) is 1. The Morgan fingerprint density at radius 3 is 2.90 bits per heavy atom. The Kier molecular flexibility index (Phi) is 6.11. The predicted octanol–water partition coefficient (Wildman–Crippen LogP) is 1.70. The second-order valence-corrected chi connectivity index (χ2v) is 4.83. The van der Waals surface area contributed by atoms with Crippen molar-refractivity contribution in [2.24, 2.45) is 10.9 Å². The molecule has 0 aromatic heterocycles. The van der Waals surface area contributed by atoms with Crippen LogP contribution in [-0.4, -0.2) is 41.5 Å². The molecule has 7 heteroatoms. The molecule has 1 rings (SSSR count). The Morgan fingerprint density at radius 2 is 2.30 bits per heavy atom. The van der Waals surface area contributed by atoms with E-state index in [2.05, 4.69) is 5.16 Å². The van der Waals surface area contributed by atoms with Gasteiger partial charge in [0.15, 0.2) is 6.61 Å². The molecule has 0 fully saturated rings. The Morgan fingerprint density at radius 1 is 1.60 bits per heavy atom. The molecule has 6 nitrogen and oxygen atoms in total. The molecule has 0 saturated carbocycles. The predicted molar refractivity (Wildman–Crippen MR) is 77.2 cm³/mol. The van der Waals surface area contributed by atoms with Crippen LogP contribution in [0, 0.1) is 0 Å². The number of oxime groups is 1. The first-order valence-electron chi connectivity index (χ1n) is 6.04. The molecule has 1 aromatic rings. The maximum Gasteiger partial charge on any atom is 0.260 e. The zero-order chi connectivity index (χ0) is 15.1. The maximum atomic E-state index is 11.9. The lowest BCUT2D eigenvalue weighted by molar-refractivity contribution is -0.133. The standard InChI is InChI=1S/C13H18ClN3O3/c1-9(6-12(15)16-19)17(2)13(18)8-20-11-5-3-4-10(14)7-11/h3-5,7,9,19H,6,8H2,1-2H3,(H2,15,16). The minimum Gasteiger partial charge on any atom is -0.484 e. The zero-order valence-electron chi connectivity index (χ0n) is 11.4. The van der Waals surface area contributed by atoms with Gasteiger partial charge in [-0.2, -0.15) is 0 Å². The van der Waals surface area contributed by atoms with Crippen molar-refractivity contribution in [2.75, 3.05) is 13.7 Å². The lowest BCUT2D eigenvalue weighted by atomic mass is 10.2. The number of ether oxygens (including phenoxy) is 1. The van der Waals surface area contributed by atoms with E-state index in [-0.39, 0.29) is 30.8 Å². The van der Waals surface area contributed by atoms with E-state index in [0.717, 1.165) is 0 Å². The average molecular weight is 300 g/mol. The van der Waals surface area contributed by atoms with E-state index in [4.69, 9.17) is 27.3 Å². The first-order valence-corrected chi connectivity index (χ1v) is 6.42. The van der Waals surface area contributed by atoms with Crippen molar-refractivity contribution >= 4 is 23.3 Å². The van der Waals surface area contributed by atoms with Gasteiger partial charge in [-0.25, -0.2) is 0 Å². The van der Waals surface area contributed by atoms with Gasteiger partial charge in [0.25, 0.3) is 5.91 Å². The quantitative estimate of drug-likeness (QED) is 0.362. The molecule has 0 bridgehead atoms. The van der Waals surface area contributed by atoms with Crippen LogP contribution in [0.2, 0.25) is 5.02 Å². The highest BCUT2D eigenvalue weighted by Crippen LogP contribution is 2.17. The molecule has 1 unspecified atom stereocenters. The first kappa shape index (κ1) is 16.1. The number of hydrogen-bond acceptors (Lipinski definition) is 4. The van der Waals surface area contributed by atoms with Crippen LogP contribution < -0.4 is 10.5 Å². The Hall–Kier alpha value is -1.95. The number of carbonyl (C=O) groups excluding carboxylic acids is 1. The fraction of sp³-hybridized carbons (Fsp3) is 0.385. The van der Waals surface area contributed by atoms with Crippen molar-refractivity contribution in [2.45, 2.75) is 19.4 Å². The molecule has 0 heterocycles. The topological polar surface area (TPSA) is 88.2 Å². The number of rotatable bonds is 6. The summed E-state index contributed by atoms with van der Waals surface area (Å²) in [5.74, 6) is 0.402. The number of nitrogens with zero attached hydrogens (tertiary/aromatic N) is 2. The number of halogens is 1. The average Bonchev–Trinajstić information content (AvgIpc) is 2.43. The van der Waals surface area contributed by atoms with Gasteiger partial charge in [0, 0.05) is 24.5 Å². The summed E-state index contributed by atoms with van der Waals surface area (Å²) in [5, 5.41) is 11.9. The molecular weight excluding hydrogens is 282 g/mol. The SMILES string of the molecule is CC(CC(N)=NO)N(C)C(=O)COc1cccc(Cl)c1. The van der Waals surface area contributed by atoms with Gasteiger partial charge in [0.05, 0.1) is 0 Å². The Labute approximate surface area is 122 Å². The number of carbonyl (C=O) groups is 1. The van der Waals surface area contributed by atoms with E-state index in [1.54, 1.807) is 38.2 Å². The molecular formula is C13H18ClN3O3. The van der Waals surface area contributed by atoms with Gasteiger partial charge in [-0.3, -0.25) is 4.79 Å². The maximum absolute atomic E-state index is 11.9. The monoisotopic (exact) mass is 299 g/mol. The fourth-order valence-corrected chi connectivity index (χ4v) is 1.71. The van der Waals surface area contributed by atoms with Crippen LogP contribution in [0.15, 0.2) is 29.4 Å². The Bertz CT molecular complexity index is 494. The number of nitrogens with two attached hydrogens (primary N) is 1. The summed E-state index contributed by atoms with van der Waals surface area (Å²) in [6, 6.07) is 6.63. The second kappa shape index (κ2) is 7.59. The van der Waals surface area contributed by atoms with E-state index >= 15 is 0 Å². The molecule has 110 valence electrons. The van der Waals surface area contributed by atoms with Crippen molar-refractivity contribution in [3.05, 3.63) is 29.3 Å². The van der Waals surface area contributed by atoms with Crippen LogP contribution in [-0.2, 0) is 4.79 Å². The van der Waals surface area contributed by atoms with Crippen LogP contribution in [0.3, 0.4) is 0 Å². The first-order chi connectivity index (χ1) is 9.43. The zero-order valence-corrected chi connectivity index (χ0v) is 12.2. The van der Waals surface area contributed by atoms with Gasteiger partial charge >= 0.3 is 0 Å². The smallest absolute Gasteiger partial charge is 0.260 e. The third-order valence-electron chi connectivity index (χ3n) is 2.85. The van der Waals surface area contributed by atoms with Crippen LogP contribution in [0.25, 0.3) is 0 Å². The molecule has 1 atom stereocenters. The van der Waals surface area contributed by atoms with Gasteiger partial charge < -0.3 is 20.6 Å². The van der Waals surface area contributed by atoms with E-state index in [9.17, 15) is 4.79 Å². The lowest BCUT2D eigenvalue weighted by Crippen LogP contribution is -2.40. The van der Waals surface area contributed by atoms with E-state index in [0.29, 0.717) is 10.8 Å². The highest BCUT2D eigenvalue weighted by Gasteiger charge is 2.17. The molecule has 20 heavy (non-hydrogen) atoms. The van der Waals surface area contributed by atoms with E-state index < -0.39 is 0 Å². The van der Waals surface area contributed by atoms with Crippen molar-refractivity contribution in [3.63, 3.8) is 0 Å². The second-order valence-electron chi connectivity index (χ2n) is 4.40. The highest BCUT2D eigenvalue weighted by atomic mass is 35.5. The Balaban J connectivity index is 2.49. The number of amidine groups is 1. The third kappa shape index (κ3) is 4.97. The molecule has 0 saturated heterocycles. The van der Waals surface area contributed by atoms with Crippen LogP contribution in [0.1, 0.15) is 13.3 Å². The van der Waals surface area contributed by atoms with E-state index in [1.165, 1.54) is 4.90 Å². The summed E-state index contributed by atoms with van der Waals surface area (Å²) in [6.07, 6.45) is 0.288. The van der Waals surface area contributed by atoms with Gasteiger partial charge in [-0.1, -0.05) is 22.8 Å². The fourth-order valence-electron chi connectivity index (χ4n) is 1.53. The molecule has 3 N–H and O–H groups in total. The van der Waals surface area contributed by atoms with Crippen molar-refractivity contribution in [3.8, 4) is 5.75 Å². The normalized spacial score (nSPS) is 12.8. The summed E-state index contributed by atoms with van der Waals surface area (Å²) < 4.78 is 5.36. The van der Waals surface area contributed by atoms with Gasteiger partial charge in [-0.05, 0) is 25.1 Å². The third-order valence-corrected chi connectivity index (χ3v) is 3.08.